The molecule has 1 aliphatic carbocycles. The lowest BCUT2D eigenvalue weighted by molar-refractivity contribution is -0.142. The molecule has 1 fully saturated rings. The van der Waals surface area contributed by atoms with E-state index < -0.39 is 11.2 Å². The first-order chi connectivity index (χ1) is 30.7. The van der Waals surface area contributed by atoms with Gasteiger partial charge in [-0.1, -0.05) is 118 Å². The minimum atomic E-state index is -0.620. The number of rotatable bonds is 19. The molecule has 5 rings (SSSR count). The number of benzene rings is 4. The van der Waals surface area contributed by atoms with Gasteiger partial charge in [-0.2, -0.15) is 0 Å². The third kappa shape index (κ3) is 18.3. The fraction of sp³-hybridized carbons (Fsp3) is 0.586. The summed E-state index contributed by atoms with van der Waals surface area (Å²) in [4.78, 5) is 0. The Morgan fingerprint density at radius 2 is 1.00 bits per heavy atom. The van der Waals surface area contributed by atoms with Gasteiger partial charge in [-0.05, 0) is 154 Å². The maximum absolute atomic E-state index is 10.9. The van der Waals surface area contributed by atoms with Crippen LogP contribution in [0.3, 0.4) is 0 Å². The summed E-state index contributed by atoms with van der Waals surface area (Å²) in [6.45, 7) is 28.4. The lowest BCUT2D eigenvalue weighted by Gasteiger charge is -2.31. The molecule has 0 heterocycles. The van der Waals surface area contributed by atoms with E-state index in [4.69, 9.17) is 28.8 Å². The second-order valence-corrected chi connectivity index (χ2v) is 20.4. The Bertz CT molecular complexity index is 1880. The van der Waals surface area contributed by atoms with Crippen molar-refractivity contribution in [3.63, 3.8) is 0 Å². The SMILES string of the molecule is CCC(C)c1ccc(O)cc1.CCC(C)c1ccc(OC(CC(C)(C)C)OC2CCCCC2)cc1.CCC(C)c1ccc(OCCc2cc(C(C)(C)OC)c(O)c(C(C)(C)OC)c2)cc1. The summed E-state index contributed by atoms with van der Waals surface area (Å²) < 4.78 is 29.9. The highest BCUT2D eigenvalue weighted by atomic mass is 16.7. The molecule has 0 amide bonds. The number of ether oxygens (including phenoxy) is 5. The molecule has 362 valence electrons. The van der Waals surface area contributed by atoms with Gasteiger partial charge >= 0.3 is 0 Å². The first kappa shape index (κ1) is 55.3. The van der Waals surface area contributed by atoms with Crippen molar-refractivity contribution in [2.24, 2.45) is 5.41 Å². The van der Waals surface area contributed by atoms with Crippen molar-refractivity contribution in [2.45, 2.75) is 196 Å². The molecule has 4 unspecified atom stereocenters. The van der Waals surface area contributed by atoms with Crippen molar-refractivity contribution in [3.8, 4) is 23.0 Å². The van der Waals surface area contributed by atoms with Crippen LogP contribution >= 0.6 is 0 Å². The second-order valence-electron chi connectivity index (χ2n) is 20.4. The molecule has 0 bridgehead atoms. The minimum Gasteiger partial charge on any atom is -0.508 e. The summed E-state index contributed by atoms with van der Waals surface area (Å²) in [6, 6.07) is 28.4. The predicted octanol–water partition coefficient (Wildman–Crippen LogP) is 15.9. The van der Waals surface area contributed by atoms with Gasteiger partial charge in [0.05, 0.1) is 23.9 Å². The molecule has 1 aliphatic rings. The van der Waals surface area contributed by atoms with E-state index in [0.29, 0.717) is 42.6 Å². The zero-order valence-electron chi connectivity index (χ0n) is 43.2. The van der Waals surface area contributed by atoms with Crippen LogP contribution in [0, 0.1) is 5.41 Å². The molecule has 4 atom stereocenters. The molecule has 65 heavy (non-hydrogen) atoms. The fourth-order valence-corrected chi connectivity index (χ4v) is 7.73. The van der Waals surface area contributed by atoms with E-state index in [1.807, 2.05) is 64.1 Å². The van der Waals surface area contributed by atoms with Crippen LogP contribution in [0.4, 0.5) is 0 Å². The van der Waals surface area contributed by atoms with E-state index >= 15 is 0 Å². The molecule has 4 aromatic carbocycles. The number of hydrogen-bond donors (Lipinski definition) is 2. The van der Waals surface area contributed by atoms with E-state index in [2.05, 4.69) is 98.7 Å². The molecular formula is C58H88O7. The van der Waals surface area contributed by atoms with Gasteiger partial charge in [-0.3, -0.25) is 0 Å². The molecule has 7 nitrogen and oxygen atoms in total. The van der Waals surface area contributed by atoms with Gasteiger partial charge in [-0.15, -0.1) is 0 Å². The first-order valence-electron chi connectivity index (χ1n) is 24.6. The highest BCUT2D eigenvalue weighted by molar-refractivity contribution is 5.49. The van der Waals surface area contributed by atoms with E-state index in [0.717, 1.165) is 53.9 Å². The smallest absolute Gasteiger partial charge is 0.200 e. The predicted molar refractivity (Wildman–Crippen MR) is 271 cm³/mol. The third-order valence-corrected chi connectivity index (χ3v) is 13.3. The number of aromatic hydroxyl groups is 2. The topological polar surface area (TPSA) is 86.6 Å². The first-order valence-corrected chi connectivity index (χ1v) is 24.6. The van der Waals surface area contributed by atoms with Gasteiger partial charge in [0.15, 0.2) is 0 Å². The summed E-state index contributed by atoms with van der Waals surface area (Å²) in [5.41, 5.74) is 5.54. The Morgan fingerprint density at radius 1 is 0.585 bits per heavy atom. The molecule has 7 heteroatoms. The van der Waals surface area contributed by atoms with Gasteiger partial charge in [0.25, 0.3) is 0 Å². The molecule has 1 saturated carbocycles. The van der Waals surface area contributed by atoms with Crippen molar-refractivity contribution in [1.29, 1.82) is 0 Å². The Morgan fingerprint density at radius 3 is 1.40 bits per heavy atom. The average molecular weight is 897 g/mol. The lowest BCUT2D eigenvalue weighted by atomic mass is 9.86. The van der Waals surface area contributed by atoms with E-state index in [9.17, 15) is 5.11 Å². The summed E-state index contributed by atoms with van der Waals surface area (Å²) in [5, 5.41) is 20.0. The number of phenols is 2. The highest BCUT2D eigenvalue weighted by Gasteiger charge is 2.31. The van der Waals surface area contributed by atoms with Crippen LogP contribution in [0.25, 0.3) is 0 Å². The standard InChI is InChI=1S/C26H38O4.C22H36O2.C10H14O/c1-9-18(2)20-10-12-21(13-11-20)30-15-14-19-16-22(25(3,4)28-7)24(27)23(17-19)26(5,6)29-8;1-6-17(2)18-12-14-20(15-13-18)24-21(16-22(3,4)5)23-19-10-8-7-9-11-19;1-3-8(2)9-4-6-10(11)7-5-9/h10-13,16-18,27H,9,14-15H2,1-8H3;12-15,17,19,21H,6-11,16H2,1-5H3;4-8,11H,3H2,1-2H3. The zero-order valence-corrected chi connectivity index (χ0v) is 43.2. The van der Waals surface area contributed by atoms with Crippen LogP contribution in [0.2, 0.25) is 0 Å². The summed E-state index contributed by atoms with van der Waals surface area (Å²) in [6.07, 6.45) is 11.6. The van der Waals surface area contributed by atoms with E-state index in [-0.39, 0.29) is 17.5 Å². The number of methoxy groups -OCH3 is 2. The Kier molecular flexibility index (Phi) is 22.4. The van der Waals surface area contributed by atoms with Gasteiger partial charge in [0.1, 0.15) is 23.0 Å². The number of phenolic OH excluding ortho intramolecular Hbond substituents is 2. The Labute approximate surface area is 395 Å². The molecule has 0 aliphatic heterocycles. The van der Waals surface area contributed by atoms with Crippen molar-refractivity contribution < 1.29 is 33.9 Å². The largest absolute Gasteiger partial charge is 0.508 e. The fourth-order valence-electron chi connectivity index (χ4n) is 7.73. The number of hydrogen-bond acceptors (Lipinski definition) is 7. The molecule has 0 aromatic heterocycles. The molecule has 0 spiro atoms. The monoisotopic (exact) mass is 897 g/mol. The molecule has 0 radical (unpaired) electrons. The lowest BCUT2D eigenvalue weighted by Crippen LogP contribution is -2.32. The van der Waals surface area contributed by atoms with Gasteiger partial charge < -0.3 is 33.9 Å². The van der Waals surface area contributed by atoms with Crippen LogP contribution in [0.1, 0.15) is 199 Å². The van der Waals surface area contributed by atoms with Gasteiger partial charge in [0.2, 0.25) is 6.29 Å². The van der Waals surface area contributed by atoms with Crippen LogP contribution in [-0.2, 0) is 31.8 Å². The summed E-state index contributed by atoms with van der Waals surface area (Å²) in [5.74, 6) is 4.11. The summed E-state index contributed by atoms with van der Waals surface area (Å²) >= 11 is 0. The van der Waals surface area contributed by atoms with Crippen molar-refractivity contribution >= 4 is 0 Å². The van der Waals surface area contributed by atoms with Crippen LogP contribution in [0.5, 0.6) is 23.0 Å². The van der Waals surface area contributed by atoms with E-state index in [1.165, 1.54) is 48.8 Å². The maximum atomic E-state index is 10.9. The van der Waals surface area contributed by atoms with Crippen LogP contribution in [-0.4, -0.2) is 43.4 Å². The van der Waals surface area contributed by atoms with E-state index in [1.54, 1.807) is 26.4 Å². The molecule has 2 N–H and O–H groups in total. The van der Waals surface area contributed by atoms with Crippen molar-refractivity contribution in [1.82, 2.24) is 0 Å². The Hall–Kier alpha value is -4.04. The summed E-state index contributed by atoms with van der Waals surface area (Å²) in [7, 11) is 3.30. The Balaban J connectivity index is 0.000000285. The molecule has 4 aromatic rings. The quantitative estimate of drug-likeness (QED) is 0.0907. The third-order valence-electron chi connectivity index (χ3n) is 13.3. The zero-order chi connectivity index (χ0) is 48.4. The highest BCUT2D eigenvalue weighted by Crippen LogP contribution is 2.41. The van der Waals surface area contributed by atoms with Gasteiger partial charge in [0, 0.05) is 38.2 Å². The van der Waals surface area contributed by atoms with Crippen molar-refractivity contribution in [2.75, 3.05) is 20.8 Å². The second kappa shape index (κ2) is 26.3. The molecular weight excluding hydrogens is 809 g/mol. The van der Waals surface area contributed by atoms with Crippen LogP contribution in [0.15, 0.2) is 84.9 Å². The average Bonchev–Trinajstić information content (AvgIpc) is 3.29. The van der Waals surface area contributed by atoms with Gasteiger partial charge in [-0.25, -0.2) is 0 Å². The van der Waals surface area contributed by atoms with Crippen molar-refractivity contribution in [3.05, 3.63) is 118 Å². The maximum Gasteiger partial charge on any atom is 0.200 e. The van der Waals surface area contributed by atoms with Crippen LogP contribution < -0.4 is 9.47 Å². The molecule has 0 saturated heterocycles. The normalized spacial score (nSPS) is 15.4. The minimum absolute atomic E-state index is 0.150.